The van der Waals surface area contributed by atoms with E-state index in [1.165, 1.54) is 0 Å². The van der Waals surface area contributed by atoms with Crippen molar-refractivity contribution in [3.63, 3.8) is 0 Å². The van der Waals surface area contributed by atoms with E-state index < -0.39 is 17.7 Å². The average molecular weight is 421 g/mol. The number of ketones is 1. The van der Waals surface area contributed by atoms with Crippen LogP contribution in [-0.2, 0) is 16.0 Å². The van der Waals surface area contributed by atoms with Crippen molar-refractivity contribution in [3.8, 4) is 11.4 Å². The van der Waals surface area contributed by atoms with Crippen LogP contribution >= 0.6 is 0 Å². The second-order valence-electron chi connectivity index (χ2n) is 9.00. The number of imidazole rings is 1. The number of nitrogens with zero attached hydrogens (tertiary/aromatic N) is 2. The molecule has 2 heterocycles. The lowest BCUT2D eigenvalue weighted by molar-refractivity contribution is -0.122. The number of H-pyrrole nitrogens is 1. The zero-order valence-electron chi connectivity index (χ0n) is 18.1. The molecule has 1 amide bonds. The van der Waals surface area contributed by atoms with Crippen LogP contribution < -0.4 is 5.73 Å². The SMILES string of the molecule is CC(C)(C)OC(=O)N1CCC[C@H]1C(=O)Cc1ccc(-c2nc3c(N)cccc3[nH]2)cc1. The minimum Gasteiger partial charge on any atom is -0.444 e. The number of para-hydroxylation sites is 1. The molecule has 0 saturated carbocycles. The summed E-state index contributed by atoms with van der Waals surface area (Å²) >= 11 is 0. The lowest BCUT2D eigenvalue weighted by Gasteiger charge is -2.28. The number of aromatic amines is 1. The van der Waals surface area contributed by atoms with Gasteiger partial charge < -0.3 is 15.5 Å². The second-order valence-corrected chi connectivity index (χ2v) is 9.00. The standard InChI is InChI=1S/C24H28N4O3/c1-24(2,3)31-23(30)28-13-5-8-19(28)20(29)14-15-9-11-16(12-10-15)22-26-18-7-4-6-17(25)21(18)27-22/h4,6-7,9-12,19H,5,8,13-14,25H2,1-3H3,(H,26,27)/t19-/m0/s1. The number of likely N-dealkylation sites (tertiary alicyclic amines) is 1. The number of fused-ring (bicyclic) bond motifs is 1. The van der Waals surface area contributed by atoms with Gasteiger partial charge in [0.15, 0.2) is 5.78 Å². The number of nitrogen functional groups attached to an aromatic ring is 1. The molecule has 4 rings (SSSR count). The van der Waals surface area contributed by atoms with Crippen LogP contribution in [0.1, 0.15) is 39.2 Å². The molecule has 2 aromatic carbocycles. The molecule has 7 nitrogen and oxygen atoms in total. The lowest BCUT2D eigenvalue weighted by Crippen LogP contribution is -2.43. The summed E-state index contributed by atoms with van der Waals surface area (Å²) < 4.78 is 5.47. The monoisotopic (exact) mass is 420 g/mol. The molecule has 1 atom stereocenters. The van der Waals surface area contributed by atoms with E-state index in [-0.39, 0.29) is 12.2 Å². The molecule has 0 spiro atoms. The van der Waals surface area contributed by atoms with Gasteiger partial charge in [0, 0.05) is 18.5 Å². The van der Waals surface area contributed by atoms with Crippen LogP contribution in [0.3, 0.4) is 0 Å². The van der Waals surface area contributed by atoms with Crippen LogP contribution in [0.2, 0.25) is 0 Å². The Hall–Kier alpha value is -3.35. The number of rotatable bonds is 4. The van der Waals surface area contributed by atoms with Crippen LogP contribution in [0.4, 0.5) is 10.5 Å². The molecule has 0 unspecified atom stereocenters. The van der Waals surface area contributed by atoms with E-state index in [0.29, 0.717) is 18.7 Å². The molecule has 1 aliphatic heterocycles. The molecule has 3 N–H and O–H groups in total. The number of nitrogens with one attached hydrogen (secondary N) is 1. The van der Waals surface area contributed by atoms with E-state index >= 15 is 0 Å². The molecule has 1 fully saturated rings. The molecule has 1 saturated heterocycles. The van der Waals surface area contributed by atoms with Gasteiger partial charge in [0.1, 0.15) is 16.9 Å². The van der Waals surface area contributed by atoms with Gasteiger partial charge in [-0.05, 0) is 51.3 Å². The summed E-state index contributed by atoms with van der Waals surface area (Å²) in [7, 11) is 0. The highest BCUT2D eigenvalue weighted by Gasteiger charge is 2.36. The van der Waals surface area contributed by atoms with E-state index in [1.54, 1.807) is 4.90 Å². The molecule has 31 heavy (non-hydrogen) atoms. The molecule has 7 heteroatoms. The Labute approximate surface area is 181 Å². The molecular weight excluding hydrogens is 392 g/mol. The number of benzene rings is 2. The smallest absolute Gasteiger partial charge is 0.410 e. The maximum absolute atomic E-state index is 12.9. The predicted molar refractivity (Wildman–Crippen MR) is 121 cm³/mol. The number of nitrogens with two attached hydrogens (primary N) is 1. The minimum atomic E-state index is -0.579. The highest BCUT2D eigenvalue weighted by Crippen LogP contribution is 2.26. The number of aromatic nitrogens is 2. The van der Waals surface area contributed by atoms with Gasteiger partial charge in [-0.1, -0.05) is 30.3 Å². The summed E-state index contributed by atoms with van der Waals surface area (Å²) in [5.74, 6) is 0.769. The molecule has 0 aliphatic carbocycles. The van der Waals surface area contributed by atoms with Crippen LogP contribution in [0.5, 0.6) is 0 Å². The summed E-state index contributed by atoms with van der Waals surface area (Å²) in [6, 6.07) is 13.0. The highest BCUT2D eigenvalue weighted by atomic mass is 16.6. The summed E-state index contributed by atoms with van der Waals surface area (Å²) in [4.78, 5) is 34.8. The molecule has 0 radical (unpaired) electrons. The van der Waals surface area contributed by atoms with Crippen LogP contribution in [0.15, 0.2) is 42.5 Å². The molecule has 0 bridgehead atoms. The topological polar surface area (TPSA) is 101 Å². The zero-order valence-corrected chi connectivity index (χ0v) is 18.1. The van der Waals surface area contributed by atoms with E-state index in [0.717, 1.165) is 34.4 Å². The van der Waals surface area contributed by atoms with Gasteiger partial charge in [-0.25, -0.2) is 9.78 Å². The first-order chi connectivity index (χ1) is 14.7. The van der Waals surface area contributed by atoms with Gasteiger partial charge in [-0.3, -0.25) is 9.69 Å². The van der Waals surface area contributed by atoms with Gasteiger partial charge in [-0.2, -0.15) is 0 Å². The number of carbonyl (C=O) groups is 2. The third-order valence-corrected chi connectivity index (χ3v) is 5.40. The van der Waals surface area contributed by atoms with Crippen molar-refractivity contribution in [2.24, 2.45) is 0 Å². The Morgan fingerprint density at radius 1 is 1.19 bits per heavy atom. The van der Waals surface area contributed by atoms with Crippen molar-refractivity contribution in [1.82, 2.24) is 14.9 Å². The fraction of sp³-hybridized carbons (Fsp3) is 0.375. The Morgan fingerprint density at radius 2 is 1.94 bits per heavy atom. The summed E-state index contributed by atoms with van der Waals surface area (Å²) in [6.45, 7) is 6.04. The Kier molecular flexibility index (Phi) is 5.43. The number of amides is 1. The lowest BCUT2D eigenvalue weighted by atomic mass is 10.0. The molecular formula is C24H28N4O3. The van der Waals surface area contributed by atoms with Crippen molar-refractivity contribution < 1.29 is 14.3 Å². The first-order valence-corrected chi connectivity index (χ1v) is 10.6. The Bertz CT molecular complexity index is 1110. The number of hydrogen-bond acceptors (Lipinski definition) is 5. The van der Waals surface area contributed by atoms with Gasteiger partial charge in [0.2, 0.25) is 0 Å². The predicted octanol–water partition coefficient (Wildman–Crippen LogP) is 4.32. The molecule has 1 aromatic heterocycles. The minimum absolute atomic E-state index is 0.0348. The van der Waals surface area contributed by atoms with Crippen molar-refractivity contribution in [2.45, 2.75) is 51.7 Å². The number of hydrogen-bond donors (Lipinski definition) is 2. The van der Waals surface area contributed by atoms with E-state index in [4.69, 9.17) is 10.5 Å². The van der Waals surface area contributed by atoms with Gasteiger partial charge >= 0.3 is 6.09 Å². The van der Waals surface area contributed by atoms with Crippen LogP contribution in [-0.4, -0.2) is 44.9 Å². The van der Waals surface area contributed by atoms with E-state index in [1.807, 2.05) is 63.2 Å². The van der Waals surface area contributed by atoms with Crippen LogP contribution in [0, 0.1) is 0 Å². The normalized spacial score (nSPS) is 16.6. The molecule has 1 aliphatic rings. The van der Waals surface area contributed by atoms with E-state index in [2.05, 4.69) is 9.97 Å². The maximum atomic E-state index is 12.9. The quantitative estimate of drug-likeness (QED) is 0.612. The summed E-state index contributed by atoms with van der Waals surface area (Å²) in [6.07, 6.45) is 1.35. The van der Waals surface area contributed by atoms with Crippen molar-refractivity contribution >= 4 is 28.6 Å². The van der Waals surface area contributed by atoms with Gasteiger partial charge in [0.05, 0.1) is 17.2 Å². The number of anilines is 1. The van der Waals surface area contributed by atoms with Gasteiger partial charge in [-0.15, -0.1) is 0 Å². The molecule has 3 aromatic rings. The average Bonchev–Trinajstić information content (AvgIpc) is 3.35. The second kappa shape index (κ2) is 8.06. The van der Waals surface area contributed by atoms with Crippen molar-refractivity contribution in [3.05, 3.63) is 48.0 Å². The van der Waals surface area contributed by atoms with Crippen molar-refractivity contribution in [2.75, 3.05) is 12.3 Å². The summed E-state index contributed by atoms with van der Waals surface area (Å²) in [5, 5.41) is 0. The third-order valence-electron chi connectivity index (χ3n) is 5.40. The molecule has 162 valence electrons. The summed E-state index contributed by atoms with van der Waals surface area (Å²) in [5.41, 5.74) is 9.51. The fourth-order valence-corrected chi connectivity index (χ4v) is 3.93. The first kappa shape index (κ1) is 20.9. The Balaban J connectivity index is 1.45. The number of ether oxygens (including phenoxy) is 1. The van der Waals surface area contributed by atoms with Crippen LogP contribution in [0.25, 0.3) is 22.4 Å². The largest absolute Gasteiger partial charge is 0.444 e. The zero-order chi connectivity index (χ0) is 22.2. The fourth-order valence-electron chi connectivity index (χ4n) is 3.93. The third kappa shape index (κ3) is 4.55. The van der Waals surface area contributed by atoms with E-state index in [9.17, 15) is 9.59 Å². The maximum Gasteiger partial charge on any atom is 0.410 e. The number of carbonyl (C=O) groups excluding carboxylic acids is 2. The Morgan fingerprint density at radius 3 is 2.61 bits per heavy atom. The first-order valence-electron chi connectivity index (χ1n) is 10.6. The van der Waals surface area contributed by atoms with Crippen molar-refractivity contribution in [1.29, 1.82) is 0 Å². The van der Waals surface area contributed by atoms with Gasteiger partial charge in [0.25, 0.3) is 0 Å². The number of Topliss-reactive ketones (excluding diaryl/α,β-unsaturated/α-hetero) is 1. The highest BCUT2D eigenvalue weighted by molar-refractivity contribution is 5.90.